The van der Waals surface area contributed by atoms with Crippen molar-refractivity contribution in [2.45, 2.75) is 12.4 Å². The van der Waals surface area contributed by atoms with Gasteiger partial charge in [0.05, 0.1) is 23.8 Å². The van der Waals surface area contributed by atoms with Crippen LogP contribution < -0.4 is 0 Å². The van der Waals surface area contributed by atoms with Gasteiger partial charge in [-0.3, -0.25) is 4.79 Å². The van der Waals surface area contributed by atoms with Crippen molar-refractivity contribution in [3.8, 4) is 0 Å². The van der Waals surface area contributed by atoms with E-state index in [9.17, 15) is 35.9 Å². The fourth-order valence-electron chi connectivity index (χ4n) is 3.20. The van der Waals surface area contributed by atoms with Gasteiger partial charge in [0.2, 0.25) is 0 Å². The molecule has 0 radical (unpaired) electrons. The van der Waals surface area contributed by atoms with Crippen LogP contribution in [0.2, 0.25) is 0 Å². The van der Waals surface area contributed by atoms with E-state index in [1.54, 1.807) is 6.07 Å². The molecule has 0 saturated carbocycles. The average molecular weight is 452 g/mol. The van der Waals surface area contributed by atoms with Gasteiger partial charge in [-0.25, -0.2) is 4.79 Å². The number of ether oxygens (including phenoxy) is 1. The number of ketones is 1. The molecule has 0 heterocycles. The highest BCUT2D eigenvalue weighted by molar-refractivity contribution is 6.18. The Morgan fingerprint density at radius 2 is 1.41 bits per heavy atom. The minimum atomic E-state index is -5.10. The molecule has 0 saturated heterocycles. The molecule has 3 rings (SSSR count). The van der Waals surface area contributed by atoms with E-state index in [0.29, 0.717) is 12.1 Å². The largest absolute Gasteiger partial charge is 0.465 e. The number of rotatable bonds is 4. The highest BCUT2D eigenvalue weighted by Crippen LogP contribution is 2.37. The Hall–Kier alpha value is -3.62. The minimum absolute atomic E-state index is 0.109. The zero-order valence-corrected chi connectivity index (χ0v) is 16.3. The predicted octanol–water partition coefficient (Wildman–Crippen LogP) is 6.47. The Balaban J connectivity index is 2.16. The topological polar surface area (TPSA) is 43.4 Å². The Morgan fingerprint density at radius 1 is 0.812 bits per heavy atom. The lowest BCUT2D eigenvalue weighted by Gasteiger charge is -2.15. The van der Waals surface area contributed by atoms with Crippen molar-refractivity contribution in [3.05, 3.63) is 89.0 Å². The second-order valence-electron chi connectivity index (χ2n) is 6.70. The summed E-state index contributed by atoms with van der Waals surface area (Å²) in [5, 5.41) is 0.480. The number of hydrogen-bond donors (Lipinski definition) is 0. The normalized spacial score (nSPS) is 12.7. The lowest BCUT2D eigenvalue weighted by molar-refractivity contribution is -0.137. The molecule has 0 aliphatic carbocycles. The molecule has 0 spiro atoms. The van der Waals surface area contributed by atoms with Gasteiger partial charge in [0, 0.05) is 5.56 Å². The molecule has 0 aromatic heterocycles. The molecule has 9 heteroatoms. The van der Waals surface area contributed by atoms with Crippen molar-refractivity contribution in [2.75, 3.05) is 7.11 Å². The molecule has 0 aliphatic rings. The van der Waals surface area contributed by atoms with Gasteiger partial charge in [0.25, 0.3) is 0 Å². The van der Waals surface area contributed by atoms with Gasteiger partial charge < -0.3 is 4.74 Å². The predicted molar refractivity (Wildman–Crippen MR) is 105 cm³/mol. The number of halogens is 6. The quantitative estimate of drug-likeness (QED) is 0.197. The molecule has 0 unspecified atom stereocenters. The fraction of sp³-hybridized carbons (Fsp3) is 0.130. The molecule has 3 aromatic carbocycles. The second kappa shape index (κ2) is 8.49. The Labute approximate surface area is 177 Å². The maximum Gasteiger partial charge on any atom is 0.417 e. The van der Waals surface area contributed by atoms with E-state index in [1.807, 2.05) is 0 Å². The summed E-state index contributed by atoms with van der Waals surface area (Å²) in [6.07, 6.45) is -9.69. The van der Waals surface area contributed by atoms with Crippen LogP contribution in [0.1, 0.15) is 31.8 Å². The van der Waals surface area contributed by atoms with Crippen LogP contribution in [-0.2, 0) is 10.9 Å². The van der Waals surface area contributed by atoms with Crippen LogP contribution >= 0.6 is 0 Å². The molecular weight excluding hydrogens is 438 g/mol. The maximum absolute atomic E-state index is 13.7. The molecule has 3 nitrogen and oxygen atoms in total. The third-order valence-corrected chi connectivity index (χ3v) is 4.68. The van der Waals surface area contributed by atoms with Gasteiger partial charge >= 0.3 is 18.3 Å². The van der Waals surface area contributed by atoms with Crippen LogP contribution in [0.15, 0.2) is 66.7 Å². The molecule has 0 fully saturated rings. The SMILES string of the molecule is COC(=O)c1ccc(C(=O)/C=C(/c2cccc(C(F)(F)F)c2)C(F)(F)F)c2ccccc12. The highest BCUT2D eigenvalue weighted by atomic mass is 19.4. The first kappa shape index (κ1) is 23.1. The van der Waals surface area contributed by atoms with E-state index >= 15 is 0 Å². The van der Waals surface area contributed by atoms with Crippen molar-refractivity contribution in [2.24, 2.45) is 0 Å². The van der Waals surface area contributed by atoms with Gasteiger partial charge in [-0.2, -0.15) is 26.3 Å². The Kier molecular flexibility index (Phi) is 6.11. The number of esters is 1. The molecule has 0 bridgehead atoms. The first-order chi connectivity index (χ1) is 14.9. The summed E-state index contributed by atoms with van der Waals surface area (Å²) in [6, 6.07) is 11.1. The molecule has 0 atom stereocenters. The third kappa shape index (κ3) is 4.66. The summed E-state index contributed by atoms with van der Waals surface area (Å²) in [5.74, 6) is -1.78. The van der Waals surface area contributed by atoms with E-state index in [2.05, 4.69) is 4.74 Å². The van der Waals surface area contributed by atoms with Gasteiger partial charge in [0.1, 0.15) is 0 Å². The maximum atomic E-state index is 13.7. The van der Waals surface area contributed by atoms with Gasteiger partial charge in [-0.1, -0.05) is 36.4 Å². The van der Waals surface area contributed by atoms with Crippen molar-refractivity contribution >= 4 is 28.1 Å². The number of carbonyl (C=O) groups excluding carboxylic acids is 2. The fourth-order valence-corrected chi connectivity index (χ4v) is 3.20. The number of methoxy groups -OCH3 is 1. The standard InChI is InChI=1S/C23H14F6O3/c1-32-21(31)18-10-9-17(15-7-2-3-8-16(15)18)20(30)12-19(23(27,28)29)13-5-4-6-14(11-13)22(24,25)26/h2-12H,1H3/b19-12-. The summed E-state index contributed by atoms with van der Waals surface area (Å²) in [6.45, 7) is 0. The highest BCUT2D eigenvalue weighted by Gasteiger charge is 2.37. The summed E-state index contributed by atoms with van der Waals surface area (Å²) in [7, 11) is 1.16. The molecule has 32 heavy (non-hydrogen) atoms. The smallest absolute Gasteiger partial charge is 0.417 e. The summed E-state index contributed by atoms with van der Waals surface area (Å²) in [4.78, 5) is 24.8. The van der Waals surface area contributed by atoms with Gasteiger partial charge in [-0.15, -0.1) is 0 Å². The van der Waals surface area contributed by atoms with E-state index in [0.717, 1.165) is 19.2 Å². The third-order valence-electron chi connectivity index (χ3n) is 4.68. The van der Waals surface area contributed by atoms with Crippen LogP contribution in [0.4, 0.5) is 26.3 Å². The lowest BCUT2D eigenvalue weighted by Crippen LogP contribution is -2.14. The van der Waals surface area contributed by atoms with Crippen LogP contribution in [-0.4, -0.2) is 25.0 Å². The Morgan fingerprint density at radius 3 is 1.97 bits per heavy atom. The van der Waals surface area contributed by atoms with Crippen LogP contribution in [0, 0.1) is 0 Å². The van der Waals surface area contributed by atoms with Crippen LogP contribution in [0.3, 0.4) is 0 Å². The van der Waals surface area contributed by atoms with Crippen molar-refractivity contribution in [1.82, 2.24) is 0 Å². The molecule has 0 amide bonds. The number of fused-ring (bicyclic) bond motifs is 1. The number of carbonyl (C=O) groups is 2. The number of benzene rings is 3. The number of allylic oxidation sites excluding steroid dienone is 2. The van der Waals surface area contributed by atoms with Crippen molar-refractivity contribution < 1.29 is 40.7 Å². The first-order valence-electron chi connectivity index (χ1n) is 9.04. The van der Waals surface area contributed by atoms with Gasteiger partial charge in [0.15, 0.2) is 5.78 Å². The number of hydrogen-bond acceptors (Lipinski definition) is 3. The molecular formula is C23H14F6O3. The average Bonchev–Trinajstić information content (AvgIpc) is 2.74. The minimum Gasteiger partial charge on any atom is -0.465 e. The summed E-state index contributed by atoms with van der Waals surface area (Å²) >= 11 is 0. The molecule has 0 N–H and O–H groups in total. The summed E-state index contributed by atoms with van der Waals surface area (Å²) in [5.41, 5.74) is -3.63. The summed E-state index contributed by atoms with van der Waals surface area (Å²) < 4.78 is 84.6. The molecule has 3 aromatic rings. The zero-order valence-electron chi connectivity index (χ0n) is 16.3. The molecule has 0 aliphatic heterocycles. The van der Waals surface area contributed by atoms with Crippen LogP contribution in [0.25, 0.3) is 16.3 Å². The van der Waals surface area contributed by atoms with Crippen molar-refractivity contribution in [1.29, 1.82) is 0 Å². The zero-order chi connectivity index (χ0) is 23.7. The lowest BCUT2D eigenvalue weighted by atomic mass is 9.94. The van der Waals surface area contributed by atoms with E-state index < -0.39 is 40.8 Å². The van der Waals surface area contributed by atoms with E-state index in [1.165, 1.54) is 30.3 Å². The Bertz CT molecular complexity index is 1220. The molecule has 166 valence electrons. The van der Waals surface area contributed by atoms with Crippen molar-refractivity contribution in [3.63, 3.8) is 0 Å². The van der Waals surface area contributed by atoms with Gasteiger partial charge in [-0.05, 0) is 46.7 Å². The second-order valence-corrected chi connectivity index (χ2v) is 6.70. The monoisotopic (exact) mass is 452 g/mol. The number of alkyl halides is 6. The van der Waals surface area contributed by atoms with E-state index in [4.69, 9.17) is 0 Å². The van der Waals surface area contributed by atoms with Crippen LogP contribution in [0.5, 0.6) is 0 Å². The first-order valence-corrected chi connectivity index (χ1v) is 9.04. The van der Waals surface area contributed by atoms with E-state index in [-0.39, 0.29) is 28.0 Å².